The summed E-state index contributed by atoms with van der Waals surface area (Å²) in [5, 5.41) is 2.24. The Morgan fingerprint density at radius 3 is 2.29 bits per heavy atom. The van der Waals surface area contributed by atoms with E-state index in [-0.39, 0.29) is 17.5 Å². The van der Waals surface area contributed by atoms with Crippen LogP contribution in [0.3, 0.4) is 0 Å². The number of hydrogen-bond acceptors (Lipinski definition) is 2. The maximum absolute atomic E-state index is 11.9. The summed E-state index contributed by atoms with van der Waals surface area (Å²) in [5.74, 6) is -1.50. The van der Waals surface area contributed by atoms with Crippen molar-refractivity contribution in [1.82, 2.24) is 5.32 Å². The number of halogens is 3. The smallest absolute Gasteiger partial charge is 0.315 e. The lowest BCUT2D eigenvalue weighted by molar-refractivity contribution is -0.133. The van der Waals surface area contributed by atoms with Crippen LogP contribution in [-0.4, -0.2) is 29.0 Å². The fraction of sp³-hybridized carbons (Fsp3) is 0.750. The van der Waals surface area contributed by atoms with Crippen molar-refractivity contribution >= 4 is 27.6 Å². The lowest BCUT2D eigenvalue weighted by Crippen LogP contribution is -2.47. The molecule has 0 aliphatic heterocycles. The van der Waals surface area contributed by atoms with Gasteiger partial charge in [0.25, 0.3) is 5.91 Å². The van der Waals surface area contributed by atoms with Gasteiger partial charge in [0.05, 0.1) is 5.33 Å². The van der Waals surface area contributed by atoms with E-state index in [0.29, 0.717) is 0 Å². The van der Waals surface area contributed by atoms with Gasteiger partial charge in [-0.1, -0.05) is 15.9 Å². The molecule has 0 heterocycles. The maximum Gasteiger partial charge on any atom is 0.315 e. The lowest BCUT2D eigenvalue weighted by atomic mass is 9.98. The first-order chi connectivity index (χ1) is 6.28. The van der Waals surface area contributed by atoms with Gasteiger partial charge >= 0.3 is 6.43 Å². The summed E-state index contributed by atoms with van der Waals surface area (Å²) in [6.07, 6.45) is -3.02. The second-order valence-corrected chi connectivity index (χ2v) is 4.08. The molecule has 0 aromatic rings. The predicted molar refractivity (Wildman–Crippen MR) is 51.6 cm³/mol. The Labute approximate surface area is 89.4 Å². The van der Waals surface area contributed by atoms with Crippen LogP contribution in [-0.2, 0) is 9.59 Å². The van der Waals surface area contributed by atoms with Crippen LogP contribution < -0.4 is 5.32 Å². The predicted octanol–water partition coefficient (Wildman–Crippen LogP) is 1.50. The summed E-state index contributed by atoms with van der Waals surface area (Å²) in [4.78, 5) is 21.6. The van der Waals surface area contributed by atoms with Crippen molar-refractivity contribution in [2.45, 2.75) is 32.2 Å². The van der Waals surface area contributed by atoms with E-state index in [2.05, 4.69) is 21.2 Å². The van der Waals surface area contributed by atoms with Crippen LogP contribution in [0.2, 0.25) is 0 Å². The molecule has 0 fully saturated rings. The third-order valence-electron chi connectivity index (χ3n) is 1.45. The van der Waals surface area contributed by atoms with Crippen LogP contribution in [0.25, 0.3) is 0 Å². The highest BCUT2D eigenvalue weighted by atomic mass is 79.9. The molecular formula is C8H12BrF2NO2. The minimum Gasteiger partial charge on any atom is -0.346 e. The Hall–Kier alpha value is -0.520. The van der Waals surface area contributed by atoms with Crippen LogP contribution in [0, 0.1) is 0 Å². The summed E-state index contributed by atoms with van der Waals surface area (Å²) >= 11 is 2.95. The quantitative estimate of drug-likeness (QED) is 0.771. The lowest BCUT2D eigenvalue weighted by Gasteiger charge is -2.24. The van der Waals surface area contributed by atoms with Gasteiger partial charge in [0.1, 0.15) is 5.78 Å². The Bertz CT molecular complexity index is 231. The standard InChI is InChI=1S/C8H12BrF2NO2/c1-8(2,3-5(13)4-9)12-7(14)6(10)11/h6H,3-4H2,1-2H3,(H,12,14). The molecule has 0 aliphatic rings. The molecular weight excluding hydrogens is 260 g/mol. The van der Waals surface area contributed by atoms with Crippen molar-refractivity contribution < 1.29 is 18.4 Å². The van der Waals surface area contributed by atoms with E-state index in [0.717, 1.165) is 0 Å². The topological polar surface area (TPSA) is 46.2 Å². The van der Waals surface area contributed by atoms with Gasteiger partial charge < -0.3 is 5.32 Å². The molecule has 0 saturated heterocycles. The van der Waals surface area contributed by atoms with E-state index in [1.54, 1.807) is 0 Å². The minimum absolute atomic E-state index is 0.0245. The van der Waals surface area contributed by atoms with Crippen LogP contribution in [0.4, 0.5) is 8.78 Å². The summed E-state index contributed by atoms with van der Waals surface area (Å²) in [7, 11) is 0. The molecule has 0 aliphatic carbocycles. The van der Waals surface area contributed by atoms with Gasteiger partial charge in [-0.05, 0) is 13.8 Å². The first-order valence-electron chi connectivity index (χ1n) is 3.96. The second-order valence-electron chi connectivity index (χ2n) is 3.52. The van der Waals surface area contributed by atoms with Crippen LogP contribution >= 0.6 is 15.9 Å². The number of carbonyl (C=O) groups excluding carboxylic acids is 2. The fourth-order valence-corrected chi connectivity index (χ4v) is 1.17. The molecule has 1 amide bonds. The highest BCUT2D eigenvalue weighted by Gasteiger charge is 2.27. The highest BCUT2D eigenvalue weighted by molar-refractivity contribution is 9.09. The molecule has 14 heavy (non-hydrogen) atoms. The van der Waals surface area contributed by atoms with E-state index >= 15 is 0 Å². The number of amides is 1. The Morgan fingerprint density at radius 2 is 1.93 bits per heavy atom. The zero-order chi connectivity index (χ0) is 11.4. The van der Waals surface area contributed by atoms with Crippen molar-refractivity contribution in [2.24, 2.45) is 0 Å². The van der Waals surface area contributed by atoms with Crippen molar-refractivity contribution in [2.75, 3.05) is 5.33 Å². The molecule has 0 unspecified atom stereocenters. The van der Waals surface area contributed by atoms with E-state index in [1.165, 1.54) is 13.8 Å². The second kappa shape index (κ2) is 5.38. The fourth-order valence-electron chi connectivity index (χ4n) is 0.972. The number of carbonyl (C=O) groups is 2. The number of hydrogen-bond donors (Lipinski definition) is 1. The van der Waals surface area contributed by atoms with Gasteiger partial charge in [0.15, 0.2) is 0 Å². The number of nitrogens with one attached hydrogen (secondary N) is 1. The van der Waals surface area contributed by atoms with Crippen LogP contribution in [0.5, 0.6) is 0 Å². The first kappa shape index (κ1) is 13.5. The van der Waals surface area contributed by atoms with Gasteiger partial charge in [-0.3, -0.25) is 9.59 Å². The average Bonchev–Trinajstić information content (AvgIpc) is 2.02. The van der Waals surface area contributed by atoms with Gasteiger partial charge in [0.2, 0.25) is 0 Å². The Morgan fingerprint density at radius 1 is 1.43 bits per heavy atom. The monoisotopic (exact) mass is 271 g/mol. The van der Waals surface area contributed by atoms with Crippen molar-refractivity contribution in [3.05, 3.63) is 0 Å². The van der Waals surface area contributed by atoms with Gasteiger partial charge in [-0.15, -0.1) is 0 Å². The van der Waals surface area contributed by atoms with Crippen molar-refractivity contribution in [1.29, 1.82) is 0 Å². The van der Waals surface area contributed by atoms with E-state index in [1.807, 2.05) is 0 Å². The largest absolute Gasteiger partial charge is 0.346 e. The molecule has 0 spiro atoms. The zero-order valence-electron chi connectivity index (χ0n) is 7.94. The van der Waals surface area contributed by atoms with E-state index in [4.69, 9.17) is 0 Å². The highest BCUT2D eigenvalue weighted by Crippen LogP contribution is 2.10. The molecule has 6 heteroatoms. The third kappa shape index (κ3) is 5.26. The molecule has 0 bridgehead atoms. The number of alkyl halides is 3. The van der Waals surface area contributed by atoms with Crippen molar-refractivity contribution in [3.63, 3.8) is 0 Å². The summed E-state index contributed by atoms with van der Waals surface area (Å²) in [6, 6.07) is 0. The SMILES string of the molecule is CC(C)(CC(=O)CBr)NC(=O)C(F)F. The normalized spacial score (nSPS) is 11.6. The molecule has 0 aromatic heterocycles. The third-order valence-corrected chi connectivity index (χ3v) is 2.07. The number of Topliss-reactive ketones (excluding diaryl/α,β-unsaturated/α-hetero) is 1. The molecule has 0 aromatic carbocycles. The zero-order valence-corrected chi connectivity index (χ0v) is 9.53. The summed E-state index contributed by atoms with van der Waals surface area (Å²) < 4.78 is 23.7. The van der Waals surface area contributed by atoms with Crippen LogP contribution in [0.15, 0.2) is 0 Å². The summed E-state index contributed by atoms with van der Waals surface area (Å²) in [5.41, 5.74) is -0.932. The van der Waals surface area contributed by atoms with Gasteiger partial charge in [-0.2, -0.15) is 8.78 Å². The molecule has 0 saturated carbocycles. The maximum atomic E-state index is 11.9. The number of ketones is 1. The van der Waals surface area contributed by atoms with E-state index in [9.17, 15) is 18.4 Å². The molecule has 0 atom stereocenters. The molecule has 3 nitrogen and oxygen atoms in total. The summed E-state index contributed by atoms with van der Waals surface area (Å²) in [6.45, 7) is 3.04. The van der Waals surface area contributed by atoms with Gasteiger partial charge in [0, 0.05) is 12.0 Å². The Kier molecular flexibility index (Phi) is 5.18. The van der Waals surface area contributed by atoms with Crippen molar-refractivity contribution in [3.8, 4) is 0 Å². The van der Waals surface area contributed by atoms with E-state index < -0.39 is 17.9 Å². The van der Waals surface area contributed by atoms with Gasteiger partial charge in [-0.25, -0.2) is 0 Å². The van der Waals surface area contributed by atoms with Crippen LogP contribution in [0.1, 0.15) is 20.3 Å². The minimum atomic E-state index is -3.05. The molecule has 0 radical (unpaired) electrons. The average molecular weight is 272 g/mol. The molecule has 0 rings (SSSR count). The Balaban J connectivity index is 4.20. The molecule has 1 N–H and O–H groups in total. The number of rotatable bonds is 5. The molecule has 82 valence electrons. The first-order valence-corrected chi connectivity index (χ1v) is 5.08.